The average molecular weight is 343 g/mol. The van der Waals surface area contributed by atoms with Crippen LogP contribution in [0.25, 0.3) is 10.8 Å². The minimum atomic E-state index is -0.523. The normalized spacial score (nSPS) is 13.6. The van der Waals surface area contributed by atoms with Crippen LogP contribution in [-0.2, 0) is 4.79 Å². The Morgan fingerprint density at radius 2 is 1.88 bits per heavy atom. The summed E-state index contributed by atoms with van der Waals surface area (Å²) in [4.78, 5) is 12.2. The van der Waals surface area contributed by atoms with Gasteiger partial charge in [-0.15, -0.1) is 0 Å². The molecule has 136 valence electrons. The summed E-state index contributed by atoms with van der Waals surface area (Å²) >= 11 is 0. The van der Waals surface area contributed by atoms with Crippen LogP contribution in [0.2, 0.25) is 0 Å². The van der Waals surface area contributed by atoms with E-state index in [0.29, 0.717) is 19.6 Å². The van der Waals surface area contributed by atoms with Gasteiger partial charge in [0.05, 0.1) is 12.1 Å². The van der Waals surface area contributed by atoms with Gasteiger partial charge < -0.3 is 21.5 Å². The molecule has 0 fully saturated rings. The standard InChI is InChI=1S/C20H29N3O2/c1-14(2)19(23-20(24)18(22)8-5-11-21)13-25-17-10-9-15-6-3-4-7-16(15)12-17/h3-4,6-7,9-10,12,14,18-19H,5,8,11,13,21-22H2,1-2H3,(H,23,24)/t18-,19+/m1/s1. The third-order valence-corrected chi connectivity index (χ3v) is 4.34. The number of nitrogens with two attached hydrogens (primary N) is 2. The molecule has 25 heavy (non-hydrogen) atoms. The maximum atomic E-state index is 12.2. The third kappa shape index (κ3) is 5.73. The lowest BCUT2D eigenvalue weighted by Crippen LogP contribution is -2.49. The first-order valence-corrected chi connectivity index (χ1v) is 8.89. The van der Waals surface area contributed by atoms with Gasteiger partial charge >= 0.3 is 0 Å². The summed E-state index contributed by atoms with van der Waals surface area (Å²) in [5, 5.41) is 5.31. The summed E-state index contributed by atoms with van der Waals surface area (Å²) in [6.07, 6.45) is 1.34. The Kier molecular flexibility index (Phi) is 7.22. The zero-order valence-electron chi connectivity index (χ0n) is 15.1. The number of carbonyl (C=O) groups excluding carboxylic acids is 1. The monoisotopic (exact) mass is 343 g/mol. The lowest BCUT2D eigenvalue weighted by molar-refractivity contribution is -0.123. The molecule has 5 N–H and O–H groups in total. The molecular weight excluding hydrogens is 314 g/mol. The maximum absolute atomic E-state index is 12.2. The van der Waals surface area contributed by atoms with Gasteiger partial charge in [-0.2, -0.15) is 0 Å². The number of carbonyl (C=O) groups is 1. The highest BCUT2D eigenvalue weighted by atomic mass is 16.5. The molecule has 2 aromatic carbocycles. The Morgan fingerprint density at radius 1 is 1.16 bits per heavy atom. The number of rotatable bonds is 9. The molecule has 0 spiro atoms. The summed E-state index contributed by atoms with van der Waals surface area (Å²) in [6.45, 7) is 5.06. The van der Waals surface area contributed by atoms with Crippen molar-refractivity contribution in [2.75, 3.05) is 13.2 Å². The van der Waals surface area contributed by atoms with Crippen molar-refractivity contribution < 1.29 is 9.53 Å². The SMILES string of the molecule is CC(C)[C@H](COc1ccc2ccccc2c1)NC(=O)[C@H](N)CCCN. The molecule has 0 bridgehead atoms. The molecule has 2 atom stereocenters. The number of hydrogen-bond acceptors (Lipinski definition) is 4. The molecule has 0 radical (unpaired) electrons. The van der Waals surface area contributed by atoms with Gasteiger partial charge in [-0.1, -0.05) is 44.2 Å². The minimum absolute atomic E-state index is 0.0945. The van der Waals surface area contributed by atoms with Crippen molar-refractivity contribution in [1.29, 1.82) is 0 Å². The molecule has 0 saturated carbocycles. The lowest BCUT2D eigenvalue weighted by Gasteiger charge is -2.24. The van der Waals surface area contributed by atoms with E-state index in [1.54, 1.807) is 0 Å². The Hall–Kier alpha value is -2.11. The largest absolute Gasteiger partial charge is 0.491 e. The first kappa shape index (κ1) is 19.2. The van der Waals surface area contributed by atoms with Crippen molar-refractivity contribution in [3.05, 3.63) is 42.5 Å². The third-order valence-electron chi connectivity index (χ3n) is 4.34. The first-order valence-electron chi connectivity index (χ1n) is 8.89. The number of ether oxygens (including phenoxy) is 1. The second-order valence-electron chi connectivity index (χ2n) is 6.72. The highest BCUT2D eigenvalue weighted by Crippen LogP contribution is 2.21. The Balaban J connectivity index is 1.95. The van der Waals surface area contributed by atoms with Crippen LogP contribution in [0.4, 0.5) is 0 Å². The number of benzene rings is 2. The molecule has 0 aliphatic heterocycles. The fourth-order valence-corrected chi connectivity index (χ4v) is 2.60. The van der Waals surface area contributed by atoms with Crippen LogP contribution in [0.15, 0.2) is 42.5 Å². The van der Waals surface area contributed by atoms with Gasteiger partial charge in [0, 0.05) is 0 Å². The molecule has 0 aliphatic rings. The second kappa shape index (κ2) is 9.39. The van der Waals surface area contributed by atoms with Crippen LogP contribution in [0.3, 0.4) is 0 Å². The van der Waals surface area contributed by atoms with E-state index in [1.165, 1.54) is 5.39 Å². The van der Waals surface area contributed by atoms with Gasteiger partial charge in [0.15, 0.2) is 0 Å². The summed E-state index contributed by atoms with van der Waals surface area (Å²) in [6, 6.07) is 13.5. The van der Waals surface area contributed by atoms with Gasteiger partial charge in [-0.3, -0.25) is 4.79 Å². The smallest absolute Gasteiger partial charge is 0.237 e. The Labute approximate surface area is 149 Å². The predicted octanol–water partition coefficient (Wildman–Crippen LogP) is 2.43. The minimum Gasteiger partial charge on any atom is -0.491 e. The second-order valence-corrected chi connectivity index (χ2v) is 6.72. The molecule has 1 amide bonds. The molecule has 2 aromatic rings. The van der Waals surface area contributed by atoms with Crippen molar-refractivity contribution in [3.8, 4) is 5.75 Å². The van der Waals surface area contributed by atoms with Crippen molar-refractivity contribution in [1.82, 2.24) is 5.32 Å². The van der Waals surface area contributed by atoms with Crippen molar-refractivity contribution >= 4 is 16.7 Å². The van der Waals surface area contributed by atoms with E-state index in [1.807, 2.05) is 30.3 Å². The number of nitrogens with one attached hydrogen (secondary N) is 1. The van der Waals surface area contributed by atoms with Crippen LogP contribution in [-0.4, -0.2) is 31.1 Å². The van der Waals surface area contributed by atoms with E-state index in [2.05, 4.69) is 31.3 Å². The summed E-state index contributed by atoms with van der Waals surface area (Å²) < 4.78 is 5.92. The Bertz CT molecular complexity index is 687. The van der Waals surface area contributed by atoms with Gasteiger partial charge in [0.1, 0.15) is 12.4 Å². The average Bonchev–Trinajstić information content (AvgIpc) is 2.62. The van der Waals surface area contributed by atoms with Crippen molar-refractivity contribution in [3.63, 3.8) is 0 Å². The van der Waals surface area contributed by atoms with E-state index in [9.17, 15) is 4.79 Å². The fourth-order valence-electron chi connectivity index (χ4n) is 2.60. The number of amides is 1. The highest BCUT2D eigenvalue weighted by Gasteiger charge is 2.21. The zero-order chi connectivity index (χ0) is 18.2. The van der Waals surface area contributed by atoms with Gasteiger partial charge in [-0.05, 0) is 48.2 Å². The fraction of sp³-hybridized carbons (Fsp3) is 0.450. The highest BCUT2D eigenvalue weighted by molar-refractivity contribution is 5.83. The van der Waals surface area contributed by atoms with E-state index < -0.39 is 6.04 Å². The summed E-state index contributed by atoms with van der Waals surface area (Å²) in [5.74, 6) is 0.895. The van der Waals surface area contributed by atoms with E-state index in [4.69, 9.17) is 16.2 Å². The zero-order valence-corrected chi connectivity index (χ0v) is 15.1. The quantitative estimate of drug-likeness (QED) is 0.652. The molecule has 2 rings (SSSR count). The van der Waals surface area contributed by atoms with Gasteiger partial charge in [0.25, 0.3) is 0 Å². The summed E-state index contributed by atoms with van der Waals surface area (Å²) in [5.41, 5.74) is 11.4. The van der Waals surface area contributed by atoms with Crippen LogP contribution in [0, 0.1) is 5.92 Å². The molecule has 0 heterocycles. The molecule has 0 saturated heterocycles. The molecule has 5 heteroatoms. The van der Waals surface area contributed by atoms with Crippen molar-refractivity contribution in [2.24, 2.45) is 17.4 Å². The van der Waals surface area contributed by atoms with E-state index in [0.717, 1.165) is 17.6 Å². The topological polar surface area (TPSA) is 90.4 Å². The maximum Gasteiger partial charge on any atom is 0.237 e. The Morgan fingerprint density at radius 3 is 2.56 bits per heavy atom. The van der Waals surface area contributed by atoms with Crippen molar-refractivity contribution in [2.45, 2.75) is 38.8 Å². The van der Waals surface area contributed by atoms with Gasteiger partial charge in [0.2, 0.25) is 5.91 Å². The molecule has 0 aliphatic carbocycles. The lowest BCUT2D eigenvalue weighted by atomic mass is 10.0. The molecule has 5 nitrogen and oxygen atoms in total. The predicted molar refractivity (Wildman–Crippen MR) is 102 cm³/mol. The van der Waals surface area contributed by atoms with Gasteiger partial charge in [-0.25, -0.2) is 0 Å². The number of fused-ring (bicyclic) bond motifs is 1. The van der Waals surface area contributed by atoms with E-state index >= 15 is 0 Å². The molecular formula is C20H29N3O2. The number of hydrogen-bond donors (Lipinski definition) is 3. The van der Waals surface area contributed by atoms with Crippen LogP contribution in [0.1, 0.15) is 26.7 Å². The van der Waals surface area contributed by atoms with Crippen LogP contribution < -0.4 is 21.5 Å². The summed E-state index contributed by atoms with van der Waals surface area (Å²) in [7, 11) is 0. The van der Waals surface area contributed by atoms with Crippen LogP contribution in [0.5, 0.6) is 5.75 Å². The van der Waals surface area contributed by atoms with E-state index in [-0.39, 0.29) is 17.9 Å². The molecule has 0 unspecified atom stereocenters. The first-order chi connectivity index (χ1) is 12.0. The molecule has 0 aromatic heterocycles. The van der Waals surface area contributed by atoms with Crippen LogP contribution >= 0.6 is 0 Å².